The summed E-state index contributed by atoms with van der Waals surface area (Å²) in [6.45, 7) is 5.09. The third-order valence-corrected chi connectivity index (χ3v) is 4.43. The zero-order chi connectivity index (χ0) is 15.4. The minimum absolute atomic E-state index is 0.0974. The van der Waals surface area contributed by atoms with Crippen LogP contribution in [0, 0.1) is 0 Å². The first-order valence-electron chi connectivity index (χ1n) is 8.27. The molecular formula is C16H25N5O. The summed E-state index contributed by atoms with van der Waals surface area (Å²) < 4.78 is 5.41. The lowest BCUT2D eigenvalue weighted by Gasteiger charge is -2.26. The molecule has 2 aromatic heterocycles. The molecular weight excluding hydrogens is 278 g/mol. The first kappa shape index (κ1) is 15.2. The minimum atomic E-state index is -0.0974. The maximum absolute atomic E-state index is 5.41. The van der Waals surface area contributed by atoms with Crippen LogP contribution >= 0.6 is 0 Å². The third-order valence-electron chi connectivity index (χ3n) is 4.43. The normalized spacial score (nSPS) is 17.4. The number of hydrogen-bond acceptors (Lipinski definition) is 5. The smallest absolute Gasteiger partial charge is 0.229 e. The second-order valence-electron chi connectivity index (χ2n) is 6.47. The molecule has 1 aliphatic carbocycles. The van der Waals surface area contributed by atoms with E-state index in [2.05, 4.69) is 39.3 Å². The summed E-state index contributed by atoms with van der Waals surface area (Å²) >= 11 is 0. The van der Waals surface area contributed by atoms with E-state index in [1.807, 2.05) is 6.20 Å². The van der Waals surface area contributed by atoms with Gasteiger partial charge in [-0.1, -0.05) is 31.8 Å². The maximum Gasteiger partial charge on any atom is 0.229 e. The van der Waals surface area contributed by atoms with Crippen LogP contribution in [0.4, 0.5) is 0 Å². The average Bonchev–Trinajstić information content (AvgIpc) is 3.23. The van der Waals surface area contributed by atoms with Crippen LogP contribution in [-0.4, -0.2) is 26.7 Å². The average molecular weight is 303 g/mol. The molecule has 6 nitrogen and oxygen atoms in total. The van der Waals surface area contributed by atoms with Crippen molar-refractivity contribution in [2.75, 3.05) is 6.54 Å². The first-order chi connectivity index (χ1) is 10.7. The Balaban J connectivity index is 1.61. The molecule has 22 heavy (non-hydrogen) atoms. The molecule has 6 heteroatoms. The van der Waals surface area contributed by atoms with Crippen LogP contribution in [0.3, 0.4) is 0 Å². The number of rotatable bonds is 7. The third kappa shape index (κ3) is 3.21. The predicted octanol–water partition coefficient (Wildman–Crippen LogP) is 2.91. The van der Waals surface area contributed by atoms with E-state index in [1.165, 1.54) is 12.8 Å². The molecule has 1 saturated carbocycles. The molecule has 0 aliphatic heterocycles. The highest BCUT2D eigenvalue weighted by molar-refractivity contribution is 5.09. The van der Waals surface area contributed by atoms with E-state index >= 15 is 0 Å². The number of aromatic nitrogens is 4. The Morgan fingerprint density at radius 3 is 2.82 bits per heavy atom. The fraction of sp³-hybridized carbons (Fsp3) is 0.688. The molecule has 2 aromatic rings. The molecule has 0 atom stereocenters. The zero-order valence-corrected chi connectivity index (χ0v) is 13.4. The molecule has 3 rings (SSSR count). The van der Waals surface area contributed by atoms with Crippen LogP contribution in [0.2, 0.25) is 0 Å². The molecule has 120 valence electrons. The van der Waals surface area contributed by atoms with E-state index in [-0.39, 0.29) is 11.5 Å². The molecule has 0 spiro atoms. The van der Waals surface area contributed by atoms with Crippen molar-refractivity contribution in [3.63, 3.8) is 0 Å². The van der Waals surface area contributed by atoms with Crippen LogP contribution in [-0.2, 0) is 12.0 Å². The largest absolute Gasteiger partial charge is 0.349 e. The van der Waals surface area contributed by atoms with Gasteiger partial charge in [0.05, 0.1) is 5.54 Å². The number of hydrogen-bond donors (Lipinski definition) is 2. The Bertz CT molecular complexity index is 569. The van der Waals surface area contributed by atoms with Gasteiger partial charge in [-0.05, 0) is 25.8 Å². The van der Waals surface area contributed by atoms with Crippen LogP contribution in [0.25, 0.3) is 0 Å². The minimum Gasteiger partial charge on any atom is -0.349 e. The lowest BCUT2D eigenvalue weighted by molar-refractivity contribution is 0.296. The van der Waals surface area contributed by atoms with Crippen molar-refractivity contribution in [3.8, 4) is 0 Å². The van der Waals surface area contributed by atoms with Gasteiger partial charge in [-0.15, -0.1) is 0 Å². The van der Waals surface area contributed by atoms with Crippen molar-refractivity contribution < 1.29 is 4.52 Å². The molecule has 0 radical (unpaired) electrons. The van der Waals surface area contributed by atoms with Gasteiger partial charge < -0.3 is 14.8 Å². The highest BCUT2D eigenvalue weighted by Crippen LogP contribution is 2.37. The van der Waals surface area contributed by atoms with Gasteiger partial charge in [-0.2, -0.15) is 4.98 Å². The van der Waals surface area contributed by atoms with Crippen molar-refractivity contribution in [2.24, 2.45) is 0 Å². The molecule has 1 fully saturated rings. The highest BCUT2D eigenvalue weighted by Gasteiger charge is 2.39. The van der Waals surface area contributed by atoms with Gasteiger partial charge in [0.15, 0.2) is 5.82 Å². The lowest BCUT2D eigenvalue weighted by atomic mass is 9.96. The van der Waals surface area contributed by atoms with Gasteiger partial charge in [0.1, 0.15) is 5.82 Å². The van der Waals surface area contributed by atoms with E-state index < -0.39 is 0 Å². The Morgan fingerprint density at radius 1 is 1.36 bits per heavy atom. The van der Waals surface area contributed by atoms with E-state index in [4.69, 9.17) is 4.52 Å². The lowest BCUT2D eigenvalue weighted by Crippen LogP contribution is -2.41. The maximum atomic E-state index is 5.41. The van der Waals surface area contributed by atoms with Crippen molar-refractivity contribution in [1.29, 1.82) is 0 Å². The highest BCUT2D eigenvalue weighted by atomic mass is 16.5. The van der Waals surface area contributed by atoms with Crippen LogP contribution in [0.15, 0.2) is 16.9 Å². The fourth-order valence-corrected chi connectivity index (χ4v) is 3.14. The Morgan fingerprint density at radius 2 is 2.18 bits per heavy atom. The topological polar surface area (TPSA) is 79.6 Å². The van der Waals surface area contributed by atoms with Gasteiger partial charge in [0, 0.05) is 24.7 Å². The van der Waals surface area contributed by atoms with Gasteiger partial charge in [0.2, 0.25) is 5.89 Å². The van der Waals surface area contributed by atoms with Crippen molar-refractivity contribution in [2.45, 2.75) is 63.8 Å². The monoisotopic (exact) mass is 303 g/mol. The fourth-order valence-electron chi connectivity index (χ4n) is 3.14. The van der Waals surface area contributed by atoms with Gasteiger partial charge in [-0.3, -0.25) is 0 Å². The number of imidazole rings is 1. The Labute approximate surface area is 131 Å². The molecule has 0 bridgehead atoms. The molecule has 1 aliphatic rings. The number of aromatic amines is 1. The summed E-state index contributed by atoms with van der Waals surface area (Å²) in [5, 5.41) is 7.95. The quantitative estimate of drug-likeness (QED) is 0.769. The zero-order valence-electron chi connectivity index (χ0n) is 13.4. The second kappa shape index (κ2) is 6.60. The summed E-state index contributed by atoms with van der Waals surface area (Å²) in [4.78, 5) is 12.0. The molecule has 2 N–H and O–H groups in total. The summed E-state index contributed by atoms with van der Waals surface area (Å²) in [5.41, 5.74) is -0.0974. The van der Waals surface area contributed by atoms with Crippen LogP contribution in [0.5, 0.6) is 0 Å². The van der Waals surface area contributed by atoms with Crippen molar-refractivity contribution >= 4 is 0 Å². The van der Waals surface area contributed by atoms with Crippen LogP contribution in [0.1, 0.15) is 69.4 Å². The number of H-pyrrole nitrogens is 1. The summed E-state index contributed by atoms with van der Waals surface area (Å²) in [5.74, 6) is 2.90. The standard InChI is InChI=1S/C16H25N5O/c1-12(2)14-20-15(21-22-14)16(7-3-4-8-16)19-9-5-6-13-17-10-11-18-13/h10-12,19H,3-9H2,1-2H3,(H,17,18). The number of nitrogens with one attached hydrogen (secondary N) is 2. The van der Waals surface area contributed by atoms with Crippen molar-refractivity contribution in [1.82, 2.24) is 25.4 Å². The molecule has 0 aromatic carbocycles. The summed E-state index contributed by atoms with van der Waals surface area (Å²) in [6, 6.07) is 0. The Hall–Kier alpha value is -1.69. The van der Waals surface area contributed by atoms with E-state index in [9.17, 15) is 0 Å². The molecule has 0 amide bonds. The van der Waals surface area contributed by atoms with Gasteiger partial charge in [0.25, 0.3) is 0 Å². The molecule has 0 saturated heterocycles. The van der Waals surface area contributed by atoms with E-state index in [1.54, 1.807) is 6.20 Å². The predicted molar refractivity (Wildman–Crippen MR) is 83.4 cm³/mol. The second-order valence-corrected chi connectivity index (χ2v) is 6.47. The van der Waals surface area contributed by atoms with Gasteiger partial charge >= 0.3 is 0 Å². The van der Waals surface area contributed by atoms with Gasteiger partial charge in [-0.25, -0.2) is 4.98 Å². The molecule has 2 heterocycles. The SMILES string of the molecule is CC(C)c1nc(C2(NCCCc3ncc[nH]3)CCCC2)no1. The van der Waals surface area contributed by atoms with E-state index in [0.717, 1.165) is 49.8 Å². The number of nitrogens with zero attached hydrogens (tertiary/aromatic N) is 3. The van der Waals surface area contributed by atoms with Crippen LogP contribution < -0.4 is 5.32 Å². The van der Waals surface area contributed by atoms with E-state index in [0.29, 0.717) is 0 Å². The van der Waals surface area contributed by atoms with Crippen molar-refractivity contribution in [3.05, 3.63) is 29.9 Å². The number of aryl methyl sites for hydroxylation is 1. The molecule has 0 unspecified atom stereocenters. The Kier molecular flexibility index (Phi) is 4.57. The first-order valence-corrected chi connectivity index (χ1v) is 8.27. The summed E-state index contributed by atoms with van der Waals surface area (Å²) in [7, 11) is 0. The summed E-state index contributed by atoms with van der Waals surface area (Å²) in [6.07, 6.45) is 10.3.